The number of benzene rings is 3. The molecule has 0 saturated carbocycles. The Hall–Kier alpha value is -5.08. The summed E-state index contributed by atoms with van der Waals surface area (Å²) in [5, 5.41) is 7.87. The maximum atomic E-state index is 13.9. The predicted octanol–water partition coefficient (Wildman–Crippen LogP) is 5.35. The zero-order valence-electron chi connectivity index (χ0n) is 33.5. The number of ether oxygens (including phenoxy) is 6. The highest BCUT2D eigenvalue weighted by molar-refractivity contribution is 6.05. The Morgan fingerprint density at radius 3 is 2.48 bits per heavy atom. The molecule has 0 unspecified atom stereocenters. The van der Waals surface area contributed by atoms with Crippen LogP contribution in [0, 0.1) is 11.8 Å². The average molecular weight is 831 g/mol. The Balaban J connectivity index is 0.959. The number of hydrogen-bond acceptors (Lipinski definition) is 12. The van der Waals surface area contributed by atoms with Gasteiger partial charge >= 0.3 is 6.61 Å². The molecule has 4 saturated heterocycles. The van der Waals surface area contributed by atoms with Crippen molar-refractivity contribution in [2.75, 3.05) is 46.9 Å². The molecular formula is C42H48F2N8O8. The largest absolute Gasteiger partial charge is 0.434 e. The molecule has 18 heteroatoms. The minimum atomic E-state index is -3.06. The van der Waals surface area contributed by atoms with E-state index in [0.717, 1.165) is 34.6 Å². The maximum absolute atomic E-state index is 13.9. The van der Waals surface area contributed by atoms with Gasteiger partial charge in [0.15, 0.2) is 13.6 Å². The molecule has 2 amide bonds. The molecule has 0 bridgehead atoms. The predicted molar refractivity (Wildman–Crippen MR) is 213 cm³/mol. The van der Waals surface area contributed by atoms with Gasteiger partial charge in [0.1, 0.15) is 17.4 Å². The minimum Gasteiger partial charge on any atom is -0.434 e. The minimum absolute atomic E-state index is 0.00776. The number of halogens is 2. The third-order valence-corrected chi connectivity index (χ3v) is 11.7. The normalized spacial score (nSPS) is 21.7. The maximum Gasteiger partial charge on any atom is 0.387 e. The first-order chi connectivity index (χ1) is 29.1. The van der Waals surface area contributed by atoms with Crippen LogP contribution >= 0.6 is 0 Å². The summed E-state index contributed by atoms with van der Waals surface area (Å²) < 4.78 is 59.6. The molecule has 4 aliphatic rings. The van der Waals surface area contributed by atoms with Crippen molar-refractivity contribution >= 4 is 33.6 Å². The molecule has 4 N–H and O–H groups in total. The summed E-state index contributed by atoms with van der Waals surface area (Å²) in [6.07, 6.45) is 2.68. The number of nitrogens with zero attached hydrogens (tertiary/aromatic N) is 4. The van der Waals surface area contributed by atoms with Gasteiger partial charge in [0, 0.05) is 42.6 Å². The molecule has 2 aromatic heterocycles. The van der Waals surface area contributed by atoms with Crippen LogP contribution in [-0.4, -0.2) is 114 Å². The number of nitrogens with one attached hydrogen (secondary N) is 4. The summed E-state index contributed by atoms with van der Waals surface area (Å²) in [4.78, 5) is 47.2. The van der Waals surface area contributed by atoms with Crippen molar-refractivity contribution in [3.8, 4) is 28.1 Å². The highest BCUT2D eigenvalue weighted by Gasteiger charge is 2.40. The van der Waals surface area contributed by atoms with E-state index in [4.69, 9.17) is 33.4 Å². The van der Waals surface area contributed by atoms with E-state index in [1.165, 1.54) is 0 Å². The van der Waals surface area contributed by atoms with Crippen LogP contribution in [-0.2, 0) is 33.3 Å². The second-order valence-corrected chi connectivity index (χ2v) is 15.9. The lowest BCUT2D eigenvalue weighted by Crippen LogP contribution is -2.56. The number of carbonyl (C=O) groups excluding carboxylic acids is 2. The van der Waals surface area contributed by atoms with E-state index in [2.05, 4.69) is 25.6 Å². The van der Waals surface area contributed by atoms with Gasteiger partial charge in [-0.1, -0.05) is 38.1 Å². The fraction of sp³-hybridized carbons (Fsp3) is 0.476. The molecule has 0 spiro atoms. The topological polar surface area (TPSA) is 177 Å². The molecule has 60 heavy (non-hydrogen) atoms. The van der Waals surface area contributed by atoms with Gasteiger partial charge in [0.25, 0.3) is 0 Å². The zero-order valence-corrected chi connectivity index (χ0v) is 33.5. The molecule has 4 atom stereocenters. The van der Waals surface area contributed by atoms with Crippen LogP contribution in [0.1, 0.15) is 56.8 Å². The van der Waals surface area contributed by atoms with Crippen molar-refractivity contribution < 1.29 is 46.8 Å². The van der Waals surface area contributed by atoms with Crippen LogP contribution in [0.25, 0.3) is 44.2 Å². The van der Waals surface area contributed by atoms with E-state index in [0.29, 0.717) is 60.2 Å². The van der Waals surface area contributed by atoms with E-state index in [1.54, 1.807) is 25.4 Å². The number of rotatable bonds is 15. The van der Waals surface area contributed by atoms with Crippen LogP contribution in [0.15, 0.2) is 54.7 Å². The highest BCUT2D eigenvalue weighted by atomic mass is 19.3. The summed E-state index contributed by atoms with van der Waals surface area (Å²) in [6.45, 7) is 2.95. The van der Waals surface area contributed by atoms with Gasteiger partial charge in [-0.25, -0.2) is 9.97 Å². The van der Waals surface area contributed by atoms with Gasteiger partial charge in [-0.15, -0.1) is 0 Å². The third kappa shape index (κ3) is 8.07. The summed E-state index contributed by atoms with van der Waals surface area (Å²) in [5.74, 6) is 1.27. The Morgan fingerprint density at radius 1 is 0.950 bits per heavy atom. The van der Waals surface area contributed by atoms with Gasteiger partial charge < -0.3 is 48.2 Å². The lowest BCUT2D eigenvalue weighted by Gasteiger charge is -2.35. The smallest absolute Gasteiger partial charge is 0.387 e. The van der Waals surface area contributed by atoms with Crippen molar-refractivity contribution in [3.05, 3.63) is 66.4 Å². The summed E-state index contributed by atoms with van der Waals surface area (Å²) in [6, 6.07) is 13.7. The quantitative estimate of drug-likeness (QED) is 0.107. The summed E-state index contributed by atoms with van der Waals surface area (Å²) in [5.41, 5.74) is 3.93. The first-order valence-electron chi connectivity index (χ1n) is 20.2. The van der Waals surface area contributed by atoms with Crippen molar-refractivity contribution in [1.82, 2.24) is 40.4 Å². The highest BCUT2D eigenvalue weighted by Crippen LogP contribution is 2.40. The van der Waals surface area contributed by atoms with Crippen molar-refractivity contribution in [3.63, 3.8) is 0 Å². The van der Waals surface area contributed by atoms with Crippen LogP contribution in [0.5, 0.6) is 5.75 Å². The molecule has 4 fully saturated rings. The summed E-state index contributed by atoms with van der Waals surface area (Å²) in [7, 11) is 1.65. The fourth-order valence-corrected chi connectivity index (χ4v) is 8.69. The number of fused-ring (bicyclic) bond motifs is 3. The second kappa shape index (κ2) is 17.1. The molecule has 3 aromatic carbocycles. The average Bonchev–Trinajstić information content (AvgIpc) is 4.02. The Bertz CT molecular complexity index is 2350. The van der Waals surface area contributed by atoms with Crippen LogP contribution in [0.3, 0.4) is 0 Å². The second-order valence-electron chi connectivity index (χ2n) is 15.9. The molecular weight excluding hydrogens is 783 g/mol. The molecule has 16 nitrogen and oxygen atoms in total. The van der Waals surface area contributed by atoms with Crippen LogP contribution in [0.4, 0.5) is 8.78 Å². The summed E-state index contributed by atoms with van der Waals surface area (Å²) >= 11 is 0. The molecule has 4 aliphatic heterocycles. The van der Waals surface area contributed by atoms with Gasteiger partial charge in [-0.05, 0) is 60.4 Å². The van der Waals surface area contributed by atoms with Crippen molar-refractivity contribution in [2.24, 2.45) is 11.8 Å². The number of hydrogen-bond donors (Lipinski definition) is 4. The number of alkyl halides is 2. The first kappa shape index (κ1) is 40.3. The fourth-order valence-electron chi connectivity index (χ4n) is 8.69. The van der Waals surface area contributed by atoms with Gasteiger partial charge in [0.05, 0.1) is 54.2 Å². The van der Waals surface area contributed by atoms with E-state index in [1.807, 2.05) is 60.0 Å². The lowest BCUT2D eigenvalue weighted by molar-refractivity contribution is -0.335. The number of amides is 2. The van der Waals surface area contributed by atoms with E-state index in [9.17, 15) is 18.4 Å². The first-order valence-corrected chi connectivity index (χ1v) is 20.2. The molecule has 0 radical (unpaired) electrons. The SMILES string of the molecule is COC[C@H]1C[C@@H](c2nc3ccc4cc(-c5ccc(-c6cnc([C@@H]7CCCN7C(=O)[C@@H](NC7OCO7)C(C)C)[nH]6)cc5OC(F)F)ccc4c3[nH]2)N(C(=O)CNC2OCO2)C1. The number of aromatic nitrogens is 4. The number of aromatic amines is 2. The number of methoxy groups -OCH3 is 1. The molecule has 318 valence electrons. The Kier molecular flexibility index (Phi) is 11.5. The van der Waals surface area contributed by atoms with Crippen molar-refractivity contribution in [2.45, 2.75) is 70.7 Å². The van der Waals surface area contributed by atoms with Gasteiger partial charge in [-0.2, -0.15) is 8.78 Å². The third-order valence-electron chi connectivity index (χ3n) is 11.7. The number of imidazole rings is 2. The van der Waals surface area contributed by atoms with Crippen LogP contribution in [0.2, 0.25) is 0 Å². The lowest BCUT2D eigenvalue weighted by atomic mass is 9.98. The van der Waals surface area contributed by atoms with E-state index >= 15 is 0 Å². The zero-order chi connectivity index (χ0) is 41.5. The van der Waals surface area contributed by atoms with E-state index < -0.39 is 25.5 Å². The molecule has 9 rings (SSSR count). The molecule has 5 aromatic rings. The number of H-pyrrole nitrogens is 2. The van der Waals surface area contributed by atoms with Gasteiger partial charge in [0.2, 0.25) is 24.6 Å². The number of likely N-dealkylation sites (tertiary alicyclic amines) is 2. The monoisotopic (exact) mass is 830 g/mol. The molecule has 0 aliphatic carbocycles. The van der Waals surface area contributed by atoms with E-state index in [-0.39, 0.29) is 61.6 Å². The Morgan fingerprint density at radius 2 is 1.75 bits per heavy atom. The standard InChI is InChI=1S/C42H48F2N8O8/c1-22(2)35(50-42-58-21-59-42)39(54)51-12-4-5-31(51)37-45-16-30(48-37)26-7-9-27(33(15-26)60-40(43)44)24-6-10-28-25(14-24)8-11-29-36(28)49-38(47-29)32-13-23(19-55-3)18-52(32)34(53)17-46-41-56-20-57-41/h6-11,14-16,22-23,31-32,35,40-42,46,50H,4-5,12-13,17-21H2,1-3H3,(H,45,48)(H,47,49)/t23-,31-,32-,35-/m0/s1. The van der Waals surface area contributed by atoms with Crippen molar-refractivity contribution in [1.29, 1.82) is 0 Å². The Labute approximate surface area is 344 Å². The van der Waals surface area contributed by atoms with Gasteiger partial charge in [-0.3, -0.25) is 20.2 Å². The molecule has 6 heterocycles. The number of carbonyl (C=O) groups is 2. The van der Waals surface area contributed by atoms with Crippen LogP contribution < -0.4 is 15.4 Å².